The van der Waals surface area contributed by atoms with E-state index in [-0.39, 0.29) is 18.4 Å². The van der Waals surface area contributed by atoms with E-state index in [0.29, 0.717) is 19.0 Å². The first kappa shape index (κ1) is 22.2. The predicted molar refractivity (Wildman–Crippen MR) is 134 cm³/mol. The Morgan fingerprint density at radius 2 is 1.89 bits per heavy atom. The number of para-hydroxylation sites is 1. The van der Waals surface area contributed by atoms with Crippen LogP contribution in [0.2, 0.25) is 0 Å². The fourth-order valence-electron chi connectivity index (χ4n) is 5.59. The van der Waals surface area contributed by atoms with E-state index in [0.717, 1.165) is 53.1 Å². The number of carbonyl (C=O) groups excluding carboxylic acids is 3. The normalized spacial score (nSPS) is 22.7. The van der Waals surface area contributed by atoms with Gasteiger partial charge in [0.05, 0.1) is 15.2 Å². The summed E-state index contributed by atoms with van der Waals surface area (Å²) < 4.78 is 1.19. The Morgan fingerprint density at radius 1 is 1.11 bits per heavy atom. The summed E-state index contributed by atoms with van der Waals surface area (Å²) in [5.41, 5.74) is 3.22. The van der Waals surface area contributed by atoms with E-state index in [9.17, 15) is 14.4 Å². The summed E-state index contributed by atoms with van der Waals surface area (Å²) in [6.45, 7) is 2.71. The third-order valence-corrected chi connectivity index (χ3v) is 8.95. The zero-order valence-corrected chi connectivity index (χ0v) is 20.6. The summed E-state index contributed by atoms with van der Waals surface area (Å²) in [4.78, 5) is 46.8. The van der Waals surface area contributed by atoms with Crippen molar-refractivity contribution in [3.63, 3.8) is 0 Å². The molecule has 0 radical (unpaired) electrons. The highest BCUT2D eigenvalue weighted by molar-refractivity contribution is 7.18. The zero-order chi connectivity index (χ0) is 24.2. The molecular weight excluding hydrogens is 460 g/mol. The summed E-state index contributed by atoms with van der Waals surface area (Å²) in [5.74, 6) is -0.219. The fourth-order valence-corrected chi connectivity index (χ4v) is 6.73. The number of thiazole rings is 1. The second kappa shape index (κ2) is 8.45. The van der Waals surface area contributed by atoms with E-state index in [1.807, 2.05) is 30.3 Å². The van der Waals surface area contributed by atoms with Crippen molar-refractivity contribution < 1.29 is 14.4 Å². The van der Waals surface area contributed by atoms with Gasteiger partial charge in [-0.05, 0) is 67.9 Å². The van der Waals surface area contributed by atoms with Gasteiger partial charge in [0.25, 0.3) is 5.91 Å². The van der Waals surface area contributed by atoms with Crippen LogP contribution in [-0.4, -0.2) is 52.3 Å². The zero-order valence-electron chi connectivity index (χ0n) is 19.8. The SMILES string of the molecule is C[C@@]1(c2ccc3c(c2)CCC3)NC(=O)N(CC(=O)N2CCC(c3nc4ccccc4s3)CC2)C1=O. The van der Waals surface area contributed by atoms with E-state index < -0.39 is 11.6 Å². The van der Waals surface area contributed by atoms with E-state index in [1.54, 1.807) is 23.2 Å². The average molecular weight is 489 g/mol. The molecule has 35 heavy (non-hydrogen) atoms. The van der Waals surface area contributed by atoms with Crippen LogP contribution in [0.15, 0.2) is 42.5 Å². The topological polar surface area (TPSA) is 82.6 Å². The largest absolute Gasteiger partial charge is 0.341 e. The maximum absolute atomic E-state index is 13.3. The van der Waals surface area contributed by atoms with E-state index in [1.165, 1.54) is 15.8 Å². The lowest BCUT2D eigenvalue weighted by molar-refractivity contribution is -0.139. The molecule has 6 rings (SSSR count). The van der Waals surface area contributed by atoms with Crippen LogP contribution in [0.3, 0.4) is 0 Å². The number of hydrogen-bond donors (Lipinski definition) is 1. The van der Waals surface area contributed by atoms with Gasteiger partial charge in [-0.25, -0.2) is 9.78 Å². The summed E-state index contributed by atoms with van der Waals surface area (Å²) in [6.07, 6.45) is 4.84. The van der Waals surface area contributed by atoms with Gasteiger partial charge in [0.15, 0.2) is 0 Å². The van der Waals surface area contributed by atoms with Crippen LogP contribution in [0.25, 0.3) is 10.2 Å². The number of imide groups is 1. The van der Waals surface area contributed by atoms with Crippen molar-refractivity contribution in [3.05, 3.63) is 64.2 Å². The molecular formula is C27H28N4O3S. The highest BCUT2D eigenvalue weighted by atomic mass is 32.1. The summed E-state index contributed by atoms with van der Waals surface area (Å²) in [6, 6.07) is 13.7. The molecule has 180 valence electrons. The number of benzene rings is 2. The van der Waals surface area contributed by atoms with Gasteiger partial charge in [0, 0.05) is 19.0 Å². The molecule has 0 saturated carbocycles. The first-order chi connectivity index (χ1) is 16.9. The maximum Gasteiger partial charge on any atom is 0.325 e. The minimum atomic E-state index is -1.14. The van der Waals surface area contributed by atoms with Crippen LogP contribution in [0.1, 0.15) is 53.8 Å². The molecule has 3 aromatic rings. The summed E-state index contributed by atoms with van der Waals surface area (Å²) >= 11 is 1.72. The Labute approximate surface area is 208 Å². The van der Waals surface area contributed by atoms with Crippen LogP contribution in [0, 0.1) is 0 Å². The minimum Gasteiger partial charge on any atom is -0.341 e. The lowest BCUT2D eigenvalue weighted by Gasteiger charge is -2.32. The van der Waals surface area contributed by atoms with E-state index in [4.69, 9.17) is 4.98 Å². The first-order valence-electron chi connectivity index (χ1n) is 12.3. The second-order valence-electron chi connectivity index (χ2n) is 9.96. The number of nitrogens with one attached hydrogen (secondary N) is 1. The molecule has 2 saturated heterocycles. The van der Waals surface area contributed by atoms with Gasteiger partial charge < -0.3 is 10.2 Å². The van der Waals surface area contributed by atoms with Gasteiger partial charge in [-0.2, -0.15) is 0 Å². The molecule has 3 heterocycles. The predicted octanol–water partition coefficient (Wildman–Crippen LogP) is 3.96. The monoisotopic (exact) mass is 488 g/mol. The third-order valence-electron chi connectivity index (χ3n) is 7.75. The molecule has 0 bridgehead atoms. The number of hydrogen-bond acceptors (Lipinski definition) is 5. The van der Waals surface area contributed by atoms with Crippen LogP contribution in [0.4, 0.5) is 4.79 Å². The number of urea groups is 1. The Kier molecular flexibility index (Phi) is 5.36. The Morgan fingerprint density at radius 3 is 2.69 bits per heavy atom. The smallest absolute Gasteiger partial charge is 0.325 e. The highest BCUT2D eigenvalue weighted by Gasteiger charge is 2.50. The van der Waals surface area contributed by atoms with Crippen molar-refractivity contribution in [2.75, 3.05) is 19.6 Å². The van der Waals surface area contributed by atoms with Crippen molar-refractivity contribution in [1.29, 1.82) is 0 Å². The van der Waals surface area contributed by atoms with Crippen molar-refractivity contribution in [1.82, 2.24) is 20.1 Å². The van der Waals surface area contributed by atoms with Crippen LogP contribution >= 0.6 is 11.3 Å². The number of likely N-dealkylation sites (tertiary alicyclic amines) is 1. The van der Waals surface area contributed by atoms with Gasteiger partial charge in [0.1, 0.15) is 12.1 Å². The van der Waals surface area contributed by atoms with Crippen LogP contribution in [-0.2, 0) is 28.0 Å². The van der Waals surface area contributed by atoms with Gasteiger partial charge in [-0.15, -0.1) is 11.3 Å². The maximum atomic E-state index is 13.3. The minimum absolute atomic E-state index is 0.186. The number of piperidine rings is 1. The molecule has 0 unspecified atom stereocenters. The van der Waals surface area contributed by atoms with Crippen LogP contribution in [0.5, 0.6) is 0 Å². The van der Waals surface area contributed by atoms with Gasteiger partial charge in [-0.3, -0.25) is 14.5 Å². The number of nitrogens with zero attached hydrogens (tertiary/aromatic N) is 3. The summed E-state index contributed by atoms with van der Waals surface area (Å²) in [7, 11) is 0. The second-order valence-corrected chi connectivity index (χ2v) is 11.0. The number of amides is 4. The van der Waals surface area contributed by atoms with Gasteiger partial charge in [0.2, 0.25) is 5.91 Å². The lowest BCUT2D eigenvalue weighted by atomic mass is 9.89. The molecule has 1 aromatic heterocycles. The highest BCUT2D eigenvalue weighted by Crippen LogP contribution is 2.35. The number of aromatic nitrogens is 1. The molecule has 0 spiro atoms. The first-order valence-corrected chi connectivity index (χ1v) is 13.1. The number of fused-ring (bicyclic) bond motifs is 2. The Bertz CT molecular complexity index is 1310. The van der Waals surface area contributed by atoms with Crippen molar-refractivity contribution >= 4 is 39.4 Å². The van der Waals surface area contributed by atoms with Crippen molar-refractivity contribution in [2.45, 2.75) is 50.5 Å². The Balaban J connectivity index is 1.11. The Hall–Kier alpha value is -3.26. The molecule has 2 aliphatic heterocycles. The number of carbonyl (C=O) groups is 3. The standard InChI is InChI=1S/C27H28N4O3S/c1-27(20-10-9-17-5-4-6-19(17)15-20)25(33)31(26(34)29-27)16-23(32)30-13-11-18(12-14-30)24-28-21-7-2-3-8-22(21)35-24/h2-3,7-10,15,18H,4-6,11-14,16H2,1H3,(H,29,34)/t27-/m0/s1. The molecule has 8 heteroatoms. The summed E-state index contributed by atoms with van der Waals surface area (Å²) in [5, 5.41) is 3.97. The fraction of sp³-hybridized carbons (Fsp3) is 0.407. The van der Waals surface area contributed by atoms with Crippen molar-refractivity contribution in [2.24, 2.45) is 0 Å². The van der Waals surface area contributed by atoms with Crippen LogP contribution < -0.4 is 5.32 Å². The molecule has 1 N–H and O–H groups in total. The number of rotatable bonds is 4. The van der Waals surface area contributed by atoms with Gasteiger partial charge >= 0.3 is 6.03 Å². The molecule has 3 aliphatic rings. The third kappa shape index (κ3) is 3.80. The number of aryl methyl sites for hydroxylation is 2. The molecule has 1 atom stereocenters. The quantitative estimate of drug-likeness (QED) is 0.564. The lowest BCUT2D eigenvalue weighted by Crippen LogP contribution is -2.46. The molecule has 7 nitrogen and oxygen atoms in total. The molecule has 2 aromatic carbocycles. The average Bonchev–Trinajstić information content (AvgIpc) is 3.57. The van der Waals surface area contributed by atoms with E-state index in [2.05, 4.69) is 17.4 Å². The van der Waals surface area contributed by atoms with Gasteiger partial charge in [-0.1, -0.05) is 30.3 Å². The molecule has 4 amide bonds. The molecule has 2 fully saturated rings. The van der Waals surface area contributed by atoms with Crippen molar-refractivity contribution in [3.8, 4) is 0 Å². The molecule has 1 aliphatic carbocycles. The van der Waals surface area contributed by atoms with E-state index >= 15 is 0 Å².